The molecule has 0 amide bonds. The second-order valence-corrected chi connectivity index (χ2v) is 7.29. The average molecular weight is 338 g/mol. The molecule has 0 unspecified atom stereocenters. The van der Waals surface area contributed by atoms with E-state index in [4.69, 9.17) is 28.3 Å². The van der Waals surface area contributed by atoms with Crippen molar-refractivity contribution in [3.8, 4) is 0 Å². The number of halogens is 2. The van der Waals surface area contributed by atoms with E-state index in [9.17, 15) is 13.2 Å². The van der Waals surface area contributed by atoms with Crippen molar-refractivity contribution in [2.45, 2.75) is 36.1 Å². The second-order valence-electron chi connectivity index (χ2n) is 4.86. The molecule has 0 heterocycles. The van der Waals surface area contributed by atoms with Crippen LogP contribution in [0.3, 0.4) is 0 Å². The fraction of sp³-hybridized carbons (Fsp3) is 0.417. The summed E-state index contributed by atoms with van der Waals surface area (Å²) < 4.78 is 27.2. The van der Waals surface area contributed by atoms with Crippen LogP contribution < -0.4 is 4.72 Å². The normalized spacial score (nSPS) is 17.5. The molecule has 0 saturated heterocycles. The number of nitrogens with one attached hydrogen (secondary N) is 1. The zero-order valence-electron chi connectivity index (χ0n) is 10.4. The number of carboxylic acids is 1. The molecule has 1 fully saturated rings. The molecular formula is C12H13Cl2NO4S. The topological polar surface area (TPSA) is 83.5 Å². The standard InChI is InChI=1S/C12H13Cl2NO4S/c13-8-3-1-4-9(14)11(8)20(18,19)15-12(5-2-6-12)7-10(16)17/h1,3-4,15H,2,5-7H2,(H,16,17). The number of hydrogen-bond donors (Lipinski definition) is 2. The van der Waals surface area contributed by atoms with Crippen LogP contribution in [-0.2, 0) is 14.8 Å². The van der Waals surface area contributed by atoms with E-state index < -0.39 is 21.5 Å². The van der Waals surface area contributed by atoms with E-state index in [0.717, 1.165) is 6.42 Å². The van der Waals surface area contributed by atoms with Gasteiger partial charge in [-0.25, -0.2) is 13.1 Å². The molecule has 0 spiro atoms. The van der Waals surface area contributed by atoms with Crippen molar-refractivity contribution < 1.29 is 18.3 Å². The summed E-state index contributed by atoms with van der Waals surface area (Å²) in [6, 6.07) is 4.39. The van der Waals surface area contributed by atoms with Gasteiger partial charge in [0.2, 0.25) is 10.0 Å². The van der Waals surface area contributed by atoms with E-state index >= 15 is 0 Å². The average Bonchev–Trinajstić information content (AvgIpc) is 2.24. The van der Waals surface area contributed by atoms with Crippen molar-refractivity contribution >= 4 is 39.2 Å². The Bertz CT molecular complexity index is 621. The lowest BCUT2D eigenvalue weighted by atomic mass is 9.75. The first kappa shape index (κ1) is 15.6. The fourth-order valence-electron chi connectivity index (χ4n) is 2.28. The van der Waals surface area contributed by atoms with E-state index in [2.05, 4.69) is 4.72 Å². The largest absolute Gasteiger partial charge is 0.481 e. The summed E-state index contributed by atoms with van der Waals surface area (Å²) in [5.41, 5.74) is -0.937. The van der Waals surface area contributed by atoms with Crippen molar-refractivity contribution in [1.29, 1.82) is 0 Å². The van der Waals surface area contributed by atoms with Crippen molar-refractivity contribution in [1.82, 2.24) is 4.72 Å². The van der Waals surface area contributed by atoms with Gasteiger partial charge in [0.05, 0.1) is 16.5 Å². The molecule has 20 heavy (non-hydrogen) atoms. The number of benzene rings is 1. The molecule has 0 atom stereocenters. The summed E-state index contributed by atoms with van der Waals surface area (Å²) in [4.78, 5) is 10.7. The predicted octanol–water partition coefficient (Wildman–Crippen LogP) is 2.67. The number of carboxylic acid groups (broad SMARTS) is 1. The summed E-state index contributed by atoms with van der Waals surface area (Å²) in [5, 5.41) is 8.92. The van der Waals surface area contributed by atoms with Crippen LogP contribution in [0.4, 0.5) is 0 Å². The minimum Gasteiger partial charge on any atom is -0.481 e. The molecule has 2 N–H and O–H groups in total. The number of aliphatic carboxylic acids is 1. The summed E-state index contributed by atoms with van der Waals surface area (Å²) >= 11 is 11.8. The summed E-state index contributed by atoms with van der Waals surface area (Å²) in [7, 11) is -3.96. The minimum atomic E-state index is -3.96. The third-order valence-corrected chi connectivity index (χ3v) is 5.87. The van der Waals surface area contributed by atoms with Gasteiger partial charge >= 0.3 is 5.97 Å². The van der Waals surface area contributed by atoms with Gasteiger partial charge in [0.25, 0.3) is 0 Å². The Kier molecular flexibility index (Phi) is 4.30. The smallest absolute Gasteiger partial charge is 0.305 e. The van der Waals surface area contributed by atoms with Crippen LogP contribution in [0, 0.1) is 0 Å². The van der Waals surface area contributed by atoms with Gasteiger partial charge in [0.1, 0.15) is 4.90 Å². The van der Waals surface area contributed by atoms with Gasteiger partial charge in [-0.1, -0.05) is 29.3 Å². The van der Waals surface area contributed by atoms with E-state index in [0.29, 0.717) is 12.8 Å². The van der Waals surface area contributed by atoms with Gasteiger partial charge < -0.3 is 5.11 Å². The van der Waals surface area contributed by atoms with Crippen molar-refractivity contribution in [2.75, 3.05) is 0 Å². The van der Waals surface area contributed by atoms with Crippen LogP contribution in [-0.4, -0.2) is 25.0 Å². The van der Waals surface area contributed by atoms with Crippen LogP contribution in [0.5, 0.6) is 0 Å². The van der Waals surface area contributed by atoms with Gasteiger partial charge in [-0.3, -0.25) is 4.79 Å². The number of carbonyl (C=O) groups is 1. The molecule has 5 nitrogen and oxygen atoms in total. The Hall–Kier alpha value is -0.820. The highest BCUT2D eigenvalue weighted by molar-refractivity contribution is 7.89. The molecule has 0 radical (unpaired) electrons. The molecule has 8 heteroatoms. The summed E-state index contributed by atoms with van der Waals surface area (Å²) in [6.45, 7) is 0. The molecule has 0 aromatic heterocycles. The molecule has 1 saturated carbocycles. The highest BCUT2D eigenvalue weighted by Gasteiger charge is 2.43. The Morgan fingerprint density at radius 2 is 1.85 bits per heavy atom. The van der Waals surface area contributed by atoms with Gasteiger partial charge in [-0.05, 0) is 31.4 Å². The first-order valence-electron chi connectivity index (χ1n) is 5.96. The number of rotatable bonds is 5. The van der Waals surface area contributed by atoms with Crippen LogP contribution in [0.2, 0.25) is 10.0 Å². The first-order chi connectivity index (χ1) is 9.26. The highest BCUT2D eigenvalue weighted by Crippen LogP contribution is 2.38. The van der Waals surface area contributed by atoms with Crippen molar-refractivity contribution in [2.24, 2.45) is 0 Å². The van der Waals surface area contributed by atoms with Crippen LogP contribution in [0.1, 0.15) is 25.7 Å². The Morgan fingerprint density at radius 3 is 2.25 bits per heavy atom. The summed E-state index contributed by atoms with van der Waals surface area (Å²) in [6.07, 6.45) is 1.50. The van der Waals surface area contributed by atoms with Gasteiger partial charge in [0, 0.05) is 5.54 Å². The molecule has 2 rings (SSSR count). The highest BCUT2D eigenvalue weighted by atomic mass is 35.5. The SMILES string of the molecule is O=C(O)CC1(NS(=O)(=O)c2c(Cl)cccc2Cl)CCC1. The quantitative estimate of drug-likeness (QED) is 0.865. The second kappa shape index (κ2) is 5.52. The third kappa shape index (κ3) is 3.09. The molecule has 1 aliphatic carbocycles. The van der Waals surface area contributed by atoms with E-state index in [1.54, 1.807) is 6.07 Å². The molecule has 110 valence electrons. The number of hydrogen-bond acceptors (Lipinski definition) is 3. The van der Waals surface area contributed by atoms with Crippen LogP contribution in [0.15, 0.2) is 23.1 Å². The molecule has 1 aliphatic rings. The Morgan fingerprint density at radius 1 is 1.30 bits per heavy atom. The van der Waals surface area contributed by atoms with Crippen molar-refractivity contribution in [3.63, 3.8) is 0 Å². The lowest BCUT2D eigenvalue weighted by molar-refractivity contribution is -0.139. The predicted molar refractivity (Wildman–Crippen MR) is 75.6 cm³/mol. The maximum atomic E-state index is 12.4. The van der Waals surface area contributed by atoms with E-state index in [-0.39, 0.29) is 21.4 Å². The van der Waals surface area contributed by atoms with E-state index in [1.807, 2.05) is 0 Å². The third-order valence-electron chi connectivity index (χ3n) is 3.34. The number of sulfonamides is 1. The zero-order valence-corrected chi connectivity index (χ0v) is 12.7. The van der Waals surface area contributed by atoms with Crippen LogP contribution >= 0.6 is 23.2 Å². The summed E-state index contributed by atoms with van der Waals surface area (Å²) in [5.74, 6) is -1.04. The molecule has 0 aliphatic heterocycles. The molecule has 0 bridgehead atoms. The van der Waals surface area contributed by atoms with Gasteiger partial charge in [-0.2, -0.15) is 0 Å². The molecular weight excluding hydrogens is 325 g/mol. The fourth-order valence-corrected chi connectivity index (χ4v) is 4.89. The lowest BCUT2D eigenvalue weighted by Gasteiger charge is -2.41. The maximum Gasteiger partial charge on any atom is 0.305 e. The Balaban J connectivity index is 2.34. The minimum absolute atomic E-state index is 0.00907. The first-order valence-corrected chi connectivity index (χ1v) is 8.19. The van der Waals surface area contributed by atoms with Gasteiger partial charge in [0.15, 0.2) is 0 Å². The van der Waals surface area contributed by atoms with Crippen LogP contribution in [0.25, 0.3) is 0 Å². The lowest BCUT2D eigenvalue weighted by Crippen LogP contribution is -2.54. The van der Waals surface area contributed by atoms with Crippen molar-refractivity contribution in [3.05, 3.63) is 28.2 Å². The van der Waals surface area contributed by atoms with E-state index in [1.165, 1.54) is 12.1 Å². The Labute approximate surface area is 126 Å². The maximum absolute atomic E-state index is 12.4. The molecule has 1 aromatic carbocycles. The van der Waals surface area contributed by atoms with Gasteiger partial charge in [-0.15, -0.1) is 0 Å². The monoisotopic (exact) mass is 337 g/mol. The zero-order chi connectivity index (χ0) is 15.0. The molecule has 1 aromatic rings.